The number of Topliss-reactive ketones (excluding diaryl/α,β-unsaturated/α-hetero) is 2. The lowest BCUT2D eigenvalue weighted by Gasteiger charge is -2.52. The molecule has 1 saturated heterocycles. The number of piperazine rings is 1. The van der Waals surface area contributed by atoms with Crippen LogP contribution in [0.4, 0.5) is 10.8 Å². The molecule has 3 aromatic carbocycles. The van der Waals surface area contributed by atoms with Gasteiger partial charge in [0.15, 0.2) is 10.9 Å². The second-order valence-corrected chi connectivity index (χ2v) is 13.1. The SMILES string of the molecule is CC(=O)c1ccc(N2CCN(C(=O)C(=O)c3csc(NC(=O)C(C)C45CCC(c6ccccc64)c4ccccc45)n3)CC2)cc1. The van der Waals surface area contributed by atoms with E-state index in [1.54, 1.807) is 22.4 Å². The highest BCUT2D eigenvalue weighted by Gasteiger charge is 2.52. The van der Waals surface area contributed by atoms with Crippen LogP contribution in [-0.2, 0) is 15.0 Å². The van der Waals surface area contributed by atoms with Gasteiger partial charge < -0.3 is 15.1 Å². The van der Waals surface area contributed by atoms with Crippen molar-refractivity contribution in [1.82, 2.24) is 9.88 Å². The van der Waals surface area contributed by atoms with Gasteiger partial charge in [0.2, 0.25) is 5.91 Å². The van der Waals surface area contributed by atoms with Crippen molar-refractivity contribution in [3.8, 4) is 0 Å². The van der Waals surface area contributed by atoms with Crippen LogP contribution < -0.4 is 10.2 Å². The summed E-state index contributed by atoms with van der Waals surface area (Å²) in [6, 6.07) is 24.4. The number of rotatable bonds is 7. The molecule has 228 valence electrons. The Bertz CT molecular complexity index is 1770. The van der Waals surface area contributed by atoms with E-state index in [1.807, 2.05) is 19.1 Å². The van der Waals surface area contributed by atoms with Crippen LogP contribution in [0.2, 0.25) is 0 Å². The van der Waals surface area contributed by atoms with Crippen molar-refractivity contribution in [2.75, 3.05) is 36.4 Å². The van der Waals surface area contributed by atoms with E-state index in [9.17, 15) is 19.2 Å². The fourth-order valence-corrected chi connectivity index (χ4v) is 8.26. The average Bonchev–Trinajstić information content (AvgIpc) is 3.56. The van der Waals surface area contributed by atoms with E-state index in [0.29, 0.717) is 42.8 Å². The van der Waals surface area contributed by atoms with Gasteiger partial charge in [-0.05, 0) is 66.3 Å². The van der Waals surface area contributed by atoms with Gasteiger partial charge in [-0.1, -0.05) is 55.5 Å². The number of nitrogens with zero attached hydrogens (tertiary/aromatic N) is 3. The number of fused-ring (bicyclic) bond motifs is 1. The molecular weight excluding hydrogens is 584 g/mol. The zero-order valence-electron chi connectivity index (χ0n) is 25.3. The van der Waals surface area contributed by atoms with Gasteiger partial charge in [-0.2, -0.15) is 0 Å². The van der Waals surface area contributed by atoms with E-state index in [0.717, 1.165) is 29.9 Å². The van der Waals surface area contributed by atoms with Gasteiger partial charge in [0.05, 0.1) is 0 Å². The fraction of sp³-hybridized carbons (Fsp3) is 0.306. The van der Waals surface area contributed by atoms with Crippen LogP contribution in [0, 0.1) is 5.92 Å². The minimum atomic E-state index is -0.675. The number of carbonyl (C=O) groups excluding carboxylic acids is 4. The van der Waals surface area contributed by atoms with Gasteiger partial charge in [0.1, 0.15) is 5.69 Å². The number of hydrogen-bond donors (Lipinski definition) is 1. The van der Waals surface area contributed by atoms with Crippen LogP contribution in [-0.4, -0.2) is 59.4 Å². The Morgan fingerprint density at radius 2 is 1.51 bits per heavy atom. The molecule has 1 fully saturated rings. The average molecular weight is 619 g/mol. The molecule has 8 nitrogen and oxygen atoms in total. The number of nitrogens with one attached hydrogen (secondary N) is 1. The molecule has 2 amide bonds. The summed E-state index contributed by atoms with van der Waals surface area (Å²) < 4.78 is 0. The summed E-state index contributed by atoms with van der Waals surface area (Å²) in [6.45, 7) is 5.46. The topological polar surface area (TPSA) is 99.7 Å². The monoisotopic (exact) mass is 618 g/mol. The normalized spacial score (nSPS) is 20.6. The molecule has 1 N–H and O–H groups in total. The van der Waals surface area contributed by atoms with Crippen molar-refractivity contribution in [2.45, 2.75) is 38.0 Å². The highest BCUT2D eigenvalue weighted by Crippen LogP contribution is 2.59. The Labute approximate surface area is 266 Å². The van der Waals surface area contributed by atoms with Gasteiger partial charge >= 0.3 is 0 Å². The van der Waals surface area contributed by atoms with Crippen LogP contribution in [0.15, 0.2) is 78.2 Å². The molecule has 4 aromatic rings. The van der Waals surface area contributed by atoms with Crippen molar-refractivity contribution in [3.63, 3.8) is 0 Å². The minimum Gasteiger partial charge on any atom is -0.368 e. The number of aromatic nitrogens is 1. The third-order valence-corrected chi connectivity index (χ3v) is 10.7. The molecule has 1 atom stereocenters. The number of benzene rings is 3. The first-order valence-electron chi connectivity index (χ1n) is 15.4. The summed E-state index contributed by atoms with van der Waals surface area (Å²) in [5.41, 5.74) is 6.26. The maximum absolute atomic E-state index is 13.8. The van der Waals surface area contributed by atoms with E-state index in [1.165, 1.54) is 29.2 Å². The van der Waals surface area contributed by atoms with Gasteiger partial charge in [-0.25, -0.2) is 4.98 Å². The Kier molecular flexibility index (Phi) is 7.36. The number of amides is 2. The van der Waals surface area contributed by atoms with Crippen molar-refractivity contribution in [3.05, 3.63) is 112 Å². The molecule has 0 radical (unpaired) electrons. The Morgan fingerprint density at radius 1 is 0.889 bits per heavy atom. The number of hydrogen-bond acceptors (Lipinski definition) is 7. The first-order valence-corrected chi connectivity index (χ1v) is 16.3. The zero-order valence-corrected chi connectivity index (χ0v) is 26.1. The first-order chi connectivity index (χ1) is 21.8. The fourth-order valence-electron chi connectivity index (χ4n) is 7.56. The third kappa shape index (κ3) is 4.86. The van der Waals surface area contributed by atoms with Crippen LogP contribution >= 0.6 is 11.3 Å². The second-order valence-electron chi connectivity index (χ2n) is 12.2. The lowest BCUT2D eigenvalue weighted by molar-refractivity contribution is -0.126. The molecule has 2 heterocycles. The molecule has 0 saturated carbocycles. The number of thiazole rings is 1. The van der Waals surface area contributed by atoms with Crippen molar-refractivity contribution < 1.29 is 19.2 Å². The zero-order chi connectivity index (χ0) is 31.3. The molecular formula is C36H34N4O4S. The maximum atomic E-state index is 13.8. The molecule has 45 heavy (non-hydrogen) atoms. The van der Waals surface area contributed by atoms with Gasteiger partial charge in [0, 0.05) is 60.1 Å². The molecule has 4 aliphatic rings. The van der Waals surface area contributed by atoms with Crippen LogP contribution in [0.1, 0.15) is 75.7 Å². The lowest BCUT2D eigenvalue weighted by Crippen LogP contribution is -2.50. The van der Waals surface area contributed by atoms with Gasteiger partial charge in [-0.3, -0.25) is 19.2 Å². The molecule has 2 bridgehead atoms. The first kappa shape index (κ1) is 29.1. The summed E-state index contributed by atoms with van der Waals surface area (Å²) in [5, 5.41) is 4.82. The molecule has 1 unspecified atom stereocenters. The predicted octanol–water partition coefficient (Wildman–Crippen LogP) is 5.68. The van der Waals surface area contributed by atoms with Crippen LogP contribution in [0.25, 0.3) is 0 Å². The summed E-state index contributed by atoms with van der Waals surface area (Å²) in [5.74, 6) is -1.45. The number of ketones is 2. The molecule has 1 aromatic heterocycles. The van der Waals surface area contributed by atoms with E-state index < -0.39 is 17.1 Å². The quantitative estimate of drug-likeness (QED) is 0.212. The summed E-state index contributed by atoms with van der Waals surface area (Å²) in [7, 11) is 0. The van der Waals surface area contributed by atoms with Crippen LogP contribution in [0.3, 0.4) is 0 Å². The largest absolute Gasteiger partial charge is 0.368 e. The number of carbonyl (C=O) groups is 4. The summed E-state index contributed by atoms with van der Waals surface area (Å²) in [4.78, 5) is 59.8. The van der Waals surface area contributed by atoms with Crippen molar-refractivity contribution in [1.29, 1.82) is 0 Å². The molecule has 1 aliphatic heterocycles. The molecule has 9 heteroatoms. The summed E-state index contributed by atoms with van der Waals surface area (Å²) in [6.07, 6.45) is 1.87. The highest BCUT2D eigenvalue weighted by atomic mass is 32.1. The number of anilines is 2. The highest BCUT2D eigenvalue weighted by molar-refractivity contribution is 7.14. The van der Waals surface area contributed by atoms with Crippen molar-refractivity contribution >= 4 is 45.5 Å². The standard InChI is InChI=1S/C36H34N4O4S/c1-22(36-16-15-26(27-7-3-5-9-29(27)36)28-8-4-6-10-30(28)36)33(43)38-35-37-31(21-45-35)32(42)34(44)40-19-17-39(18-20-40)25-13-11-24(12-14-25)23(2)41/h3-14,21-22,26H,15-20H2,1-2H3,(H,37,38,43). The lowest BCUT2D eigenvalue weighted by atomic mass is 9.51. The molecule has 8 rings (SSSR count). The summed E-state index contributed by atoms with van der Waals surface area (Å²) >= 11 is 1.16. The molecule has 0 spiro atoms. The van der Waals surface area contributed by atoms with Gasteiger partial charge in [0.25, 0.3) is 11.7 Å². The van der Waals surface area contributed by atoms with Gasteiger partial charge in [-0.15, -0.1) is 11.3 Å². The Morgan fingerprint density at radius 3 is 2.13 bits per heavy atom. The van der Waals surface area contributed by atoms with E-state index in [-0.39, 0.29) is 23.3 Å². The van der Waals surface area contributed by atoms with E-state index in [2.05, 4.69) is 63.7 Å². The Hall–Kier alpha value is -4.63. The predicted molar refractivity (Wildman–Crippen MR) is 174 cm³/mol. The van der Waals surface area contributed by atoms with Crippen LogP contribution in [0.5, 0.6) is 0 Å². The molecule has 3 aliphatic carbocycles. The maximum Gasteiger partial charge on any atom is 0.296 e. The van der Waals surface area contributed by atoms with E-state index >= 15 is 0 Å². The second kappa shape index (κ2) is 11.4. The van der Waals surface area contributed by atoms with Crippen molar-refractivity contribution in [2.24, 2.45) is 5.92 Å². The third-order valence-electron chi connectivity index (χ3n) is 9.96. The van der Waals surface area contributed by atoms with E-state index in [4.69, 9.17) is 0 Å². The minimum absolute atomic E-state index is 0.0159. The smallest absolute Gasteiger partial charge is 0.296 e. The Balaban J connectivity index is 1.02.